The lowest BCUT2D eigenvalue weighted by Crippen LogP contribution is -2.44. The van der Waals surface area contributed by atoms with Gasteiger partial charge in [-0.15, -0.1) is 0 Å². The zero-order chi connectivity index (χ0) is 23.5. The Balaban J connectivity index is 1.81. The van der Waals surface area contributed by atoms with Crippen molar-refractivity contribution in [2.24, 2.45) is 0 Å². The van der Waals surface area contributed by atoms with Crippen LogP contribution in [0.2, 0.25) is 0 Å². The third-order valence-corrected chi connectivity index (χ3v) is 5.53. The number of imide groups is 1. The number of methoxy groups -OCH3 is 3. The molecule has 0 aromatic heterocycles. The van der Waals surface area contributed by atoms with E-state index in [2.05, 4.69) is 10.6 Å². The molecule has 1 aliphatic rings. The van der Waals surface area contributed by atoms with Crippen molar-refractivity contribution >= 4 is 23.5 Å². The van der Waals surface area contributed by atoms with Gasteiger partial charge in [0.25, 0.3) is 5.91 Å². The number of ether oxygens (including phenoxy) is 3. The monoisotopic (exact) mass is 441 g/mol. The molecular formula is C23H27N3O6. The molecule has 2 N–H and O–H groups in total. The van der Waals surface area contributed by atoms with Crippen LogP contribution in [-0.2, 0) is 15.1 Å². The van der Waals surface area contributed by atoms with E-state index in [0.717, 1.165) is 10.5 Å². The van der Waals surface area contributed by atoms with Crippen LogP contribution in [0.4, 0.5) is 10.5 Å². The maximum atomic E-state index is 13.3. The molecule has 3 rings (SSSR count). The van der Waals surface area contributed by atoms with Crippen LogP contribution in [-0.4, -0.2) is 50.6 Å². The van der Waals surface area contributed by atoms with Crippen molar-refractivity contribution in [3.05, 3.63) is 47.5 Å². The molecule has 1 fully saturated rings. The van der Waals surface area contributed by atoms with Crippen LogP contribution in [0.25, 0.3) is 0 Å². The first-order chi connectivity index (χ1) is 15.3. The van der Waals surface area contributed by atoms with Crippen LogP contribution >= 0.6 is 0 Å². The number of hydrogen-bond donors (Lipinski definition) is 2. The van der Waals surface area contributed by atoms with Gasteiger partial charge in [0.05, 0.1) is 21.3 Å². The Bertz CT molecular complexity index is 1030. The molecule has 2 aromatic rings. The van der Waals surface area contributed by atoms with Gasteiger partial charge in [0.15, 0.2) is 0 Å². The summed E-state index contributed by atoms with van der Waals surface area (Å²) < 4.78 is 15.7. The van der Waals surface area contributed by atoms with Crippen molar-refractivity contribution < 1.29 is 28.6 Å². The number of carbonyl (C=O) groups excluding carboxylic acids is 3. The molecule has 1 heterocycles. The zero-order valence-electron chi connectivity index (χ0n) is 18.8. The highest BCUT2D eigenvalue weighted by Crippen LogP contribution is 2.34. The Morgan fingerprint density at radius 1 is 1.03 bits per heavy atom. The third kappa shape index (κ3) is 4.18. The summed E-state index contributed by atoms with van der Waals surface area (Å²) in [4.78, 5) is 39.6. The van der Waals surface area contributed by atoms with E-state index in [1.54, 1.807) is 37.4 Å². The quantitative estimate of drug-likeness (QED) is 0.610. The van der Waals surface area contributed by atoms with Crippen LogP contribution in [0.1, 0.15) is 24.5 Å². The Morgan fingerprint density at radius 3 is 2.22 bits per heavy atom. The fraction of sp³-hybridized carbons (Fsp3) is 0.348. The number of hydrogen-bond acceptors (Lipinski definition) is 6. The number of rotatable bonds is 8. The maximum Gasteiger partial charge on any atom is 0.325 e. The molecule has 32 heavy (non-hydrogen) atoms. The average Bonchev–Trinajstić information content (AvgIpc) is 3.03. The Morgan fingerprint density at radius 2 is 1.69 bits per heavy atom. The van der Waals surface area contributed by atoms with Crippen LogP contribution in [0.3, 0.4) is 0 Å². The topological polar surface area (TPSA) is 106 Å². The summed E-state index contributed by atoms with van der Waals surface area (Å²) in [5, 5.41) is 5.46. The normalized spacial score (nSPS) is 17.7. The number of nitrogens with one attached hydrogen (secondary N) is 2. The Hall–Kier alpha value is -3.75. The largest absolute Gasteiger partial charge is 0.497 e. The highest BCUT2D eigenvalue weighted by Gasteiger charge is 2.51. The predicted octanol–water partition coefficient (Wildman–Crippen LogP) is 2.82. The number of nitrogens with zero attached hydrogens (tertiary/aromatic N) is 1. The highest BCUT2D eigenvalue weighted by molar-refractivity contribution is 6.10. The van der Waals surface area contributed by atoms with E-state index in [1.807, 2.05) is 19.9 Å². The van der Waals surface area contributed by atoms with Crippen molar-refractivity contribution in [2.45, 2.75) is 25.8 Å². The van der Waals surface area contributed by atoms with Crippen LogP contribution in [0.15, 0.2) is 36.4 Å². The predicted molar refractivity (Wildman–Crippen MR) is 118 cm³/mol. The number of carbonyl (C=O) groups is 3. The second kappa shape index (κ2) is 9.17. The second-order valence-corrected chi connectivity index (χ2v) is 7.41. The van der Waals surface area contributed by atoms with Gasteiger partial charge in [-0.2, -0.15) is 0 Å². The van der Waals surface area contributed by atoms with E-state index >= 15 is 0 Å². The van der Waals surface area contributed by atoms with Gasteiger partial charge in [-0.1, -0.05) is 13.0 Å². The van der Waals surface area contributed by atoms with E-state index in [0.29, 0.717) is 34.9 Å². The Kier molecular flexibility index (Phi) is 6.57. The summed E-state index contributed by atoms with van der Waals surface area (Å²) in [5.74, 6) is 0.667. The molecule has 0 radical (unpaired) electrons. The number of amides is 4. The summed E-state index contributed by atoms with van der Waals surface area (Å²) in [5.41, 5.74) is 0.652. The van der Waals surface area contributed by atoms with Gasteiger partial charge >= 0.3 is 6.03 Å². The molecule has 0 spiro atoms. The van der Waals surface area contributed by atoms with Crippen LogP contribution in [0, 0.1) is 6.92 Å². The van der Waals surface area contributed by atoms with E-state index in [1.165, 1.54) is 14.2 Å². The molecule has 0 aliphatic carbocycles. The number of urea groups is 1. The minimum atomic E-state index is -1.24. The van der Waals surface area contributed by atoms with E-state index < -0.39 is 29.9 Å². The molecule has 0 bridgehead atoms. The van der Waals surface area contributed by atoms with Gasteiger partial charge in [-0.05, 0) is 36.6 Å². The standard InChI is InChI=1S/C23H27N3O6/c1-6-23(15-7-8-19(32-5)14(2)9-15)21(28)26(22(29)25-23)13-20(27)24-16-10-17(30-3)12-18(11-16)31-4/h7-12H,6,13H2,1-5H3,(H,24,27)(H,25,29). The average molecular weight is 441 g/mol. The lowest BCUT2D eigenvalue weighted by molar-refractivity contribution is -0.134. The van der Waals surface area contributed by atoms with Crippen molar-refractivity contribution in [2.75, 3.05) is 33.2 Å². The molecule has 1 saturated heterocycles. The van der Waals surface area contributed by atoms with Gasteiger partial charge in [0.2, 0.25) is 5.91 Å². The maximum absolute atomic E-state index is 13.3. The number of anilines is 1. The summed E-state index contributed by atoms with van der Waals surface area (Å²) in [7, 11) is 4.57. The lowest BCUT2D eigenvalue weighted by atomic mass is 9.86. The molecular weight excluding hydrogens is 414 g/mol. The fourth-order valence-electron chi connectivity index (χ4n) is 3.78. The van der Waals surface area contributed by atoms with Crippen molar-refractivity contribution in [3.63, 3.8) is 0 Å². The zero-order valence-corrected chi connectivity index (χ0v) is 18.8. The number of aryl methyl sites for hydroxylation is 1. The van der Waals surface area contributed by atoms with Gasteiger partial charge < -0.3 is 24.8 Å². The fourth-order valence-corrected chi connectivity index (χ4v) is 3.78. The Labute approximate surface area is 186 Å². The minimum absolute atomic E-state index is 0.328. The summed E-state index contributed by atoms with van der Waals surface area (Å²) in [6, 6.07) is 9.59. The van der Waals surface area contributed by atoms with E-state index in [9.17, 15) is 14.4 Å². The summed E-state index contributed by atoms with van der Waals surface area (Å²) in [6.45, 7) is 3.24. The van der Waals surface area contributed by atoms with Gasteiger partial charge in [0, 0.05) is 23.9 Å². The van der Waals surface area contributed by atoms with Gasteiger partial charge in [-0.3, -0.25) is 14.5 Å². The van der Waals surface area contributed by atoms with E-state index in [4.69, 9.17) is 14.2 Å². The minimum Gasteiger partial charge on any atom is -0.497 e. The summed E-state index contributed by atoms with van der Waals surface area (Å²) in [6.07, 6.45) is 0.328. The van der Waals surface area contributed by atoms with Crippen LogP contribution < -0.4 is 24.8 Å². The molecule has 0 saturated carbocycles. The van der Waals surface area contributed by atoms with Crippen molar-refractivity contribution in [1.82, 2.24) is 10.2 Å². The summed E-state index contributed by atoms with van der Waals surface area (Å²) >= 11 is 0. The van der Waals surface area contributed by atoms with Crippen molar-refractivity contribution in [3.8, 4) is 17.2 Å². The molecule has 170 valence electrons. The molecule has 1 atom stereocenters. The molecule has 4 amide bonds. The lowest BCUT2D eigenvalue weighted by Gasteiger charge is -2.26. The second-order valence-electron chi connectivity index (χ2n) is 7.41. The first-order valence-corrected chi connectivity index (χ1v) is 10.1. The molecule has 1 aliphatic heterocycles. The number of benzene rings is 2. The molecule has 9 heteroatoms. The SMILES string of the molecule is CCC1(c2ccc(OC)c(C)c2)NC(=O)N(CC(=O)Nc2cc(OC)cc(OC)c2)C1=O. The van der Waals surface area contributed by atoms with Crippen molar-refractivity contribution in [1.29, 1.82) is 0 Å². The van der Waals surface area contributed by atoms with E-state index in [-0.39, 0.29) is 0 Å². The molecule has 1 unspecified atom stereocenters. The molecule has 9 nitrogen and oxygen atoms in total. The first kappa shape index (κ1) is 22.9. The first-order valence-electron chi connectivity index (χ1n) is 10.1. The third-order valence-electron chi connectivity index (χ3n) is 5.53. The van der Waals surface area contributed by atoms with Gasteiger partial charge in [-0.25, -0.2) is 4.79 Å². The highest BCUT2D eigenvalue weighted by atomic mass is 16.5. The molecule has 2 aromatic carbocycles. The van der Waals surface area contributed by atoms with Gasteiger partial charge in [0.1, 0.15) is 29.3 Å². The smallest absolute Gasteiger partial charge is 0.325 e. The van der Waals surface area contributed by atoms with Crippen LogP contribution in [0.5, 0.6) is 17.2 Å².